The Balaban J connectivity index is 0.000000412. The second-order valence-corrected chi connectivity index (χ2v) is 20.2. The molecule has 8 aromatic rings. The highest BCUT2D eigenvalue weighted by Gasteiger charge is 2.15. The van der Waals surface area contributed by atoms with E-state index in [1.54, 1.807) is 24.8 Å². The van der Waals surface area contributed by atoms with Crippen LogP contribution in [0.3, 0.4) is 0 Å². The first-order valence-electron chi connectivity index (χ1n) is 25.6. The molecular formula is C63H89N9. The number of rotatable bonds is 7. The third-order valence-corrected chi connectivity index (χ3v) is 10.3. The maximum absolute atomic E-state index is 4.18. The molecule has 0 atom stereocenters. The lowest BCUT2D eigenvalue weighted by Gasteiger charge is -2.14. The molecule has 2 aromatic carbocycles. The van der Waals surface area contributed by atoms with Gasteiger partial charge in [0.2, 0.25) is 0 Å². The topological polar surface area (TPSA) is 119 Å². The highest BCUT2D eigenvalue weighted by atomic mass is 15.1. The van der Waals surface area contributed by atoms with Gasteiger partial charge < -0.3 is 0 Å². The van der Waals surface area contributed by atoms with Crippen LogP contribution in [0.5, 0.6) is 0 Å². The van der Waals surface area contributed by atoms with E-state index < -0.39 is 0 Å². The average molecular weight is 972 g/mol. The number of pyridine rings is 3. The van der Waals surface area contributed by atoms with E-state index in [-0.39, 0.29) is 5.41 Å². The smallest absolute Gasteiger partial charge is 0.133 e. The third kappa shape index (κ3) is 30.1. The summed E-state index contributed by atoms with van der Waals surface area (Å²) in [5.74, 6) is 4.91. The molecule has 0 spiro atoms. The van der Waals surface area contributed by atoms with Crippen LogP contribution in [0.2, 0.25) is 0 Å². The van der Waals surface area contributed by atoms with Gasteiger partial charge in [-0.3, -0.25) is 20.1 Å². The van der Waals surface area contributed by atoms with E-state index in [0.29, 0.717) is 41.4 Å². The summed E-state index contributed by atoms with van der Waals surface area (Å²) in [6, 6.07) is 46.7. The zero-order valence-electron chi connectivity index (χ0n) is 46.9. The van der Waals surface area contributed by atoms with E-state index >= 15 is 0 Å². The van der Waals surface area contributed by atoms with E-state index in [9.17, 15) is 0 Å². The monoisotopic (exact) mass is 972 g/mol. The minimum Gasteiger partial charge on any atom is -0.282 e. The van der Waals surface area contributed by atoms with E-state index in [2.05, 4.69) is 212 Å². The molecule has 0 fully saturated rings. The van der Waals surface area contributed by atoms with Crippen LogP contribution < -0.4 is 0 Å². The molecule has 0 amide bonds. The van der Waals surface area contributed by atoms with Gasteiger partial charge in [0.1, 0.15) is 5.82 Å². The van der Waals surface area contributed by atoms with Crippen LogP contribution in [-0.2, 0) is 5.41 Å². The lowest BCUT2D eigenvalue weighted by molar-refractivity contribution is 0.545. The van der Waals surface area contributed by atoms with Crippen LogP contribution in [0, 0.1) is 0 Å². The van der Waals surface area contributed by atoms with E-state index in [1.165, 1.54) is 16.8 Å². The number of H-pyrrole nitrogens is 1. The molecule has 72 heavy (non-hydrogen) atoms. The molecule has 6 heterocycles. The van der Waals surface area contributed by atoms with Gasteiger partial charge in [-0.15, -0.1) is 0 Å². The Kier molecular flexibility index (Phi) is 32.6. The summed E-state index contributed by atoms with van der Waals surface area (Å²) in [4.78, 5) is 20.8. The van der Waals surface area contributed by atoms with Crippen molar-refractivity contribution in [3.8, 4) is 0 Å². The molecule has 0 saturated heterocycles. The van der Waals surface area contributed by atoms with Crippen LogP contribution >= 0.6 is 0 Å². The minimum atomic E-state index is 0.0707. The highest BCUT2D eigenvalue weighted by molar-refractivity contribution is 5.18. The number of nitrogens with one attached hydrogen (secondary N) is 1. The summed E-state index contributed by atoms with van der Waals surface area (Å²) in [5, 5.41) is 14.4. The van der Waals surface area contributed by atoms with Crippen molar-refractivity contribution in [3.05, 3.63) is 228 Å². The quantitative estimate of drug-likeness (QED) is 0.168. The predicted molar refractivity (Wildman–Crippen MR) is 306 cm³/mol. The maximum Gasteiger partial charge on any atom is 0.133 e. The first kappa shape index (κ1) is 63.3. The van der Waals surface area contributed by atoms with Crippen molar-refractivity contribution < 1.29 is 0 Å². The molecule has 8 rings (SSSR count). The molecule has 0 aliphatic carbocycles. The Hall–Kier alpha value is -6.74. The van der Waals surface area contributed by atoms with Crippen molar-refractivity contribution in [2.75, 3.05) is 0 Å². The van der Waals surface area contributed by atoms with Crippen LogP contribution in [0.15, 0.2) is 183 Å². The van der Waals surface area contributed by atoms with Gasteiger partial charge in [-0.25, -0.2) is 9.97 Å². The number of hydrogen-bond acceptors (Lipinski definition) is 8. The molecule has 6 aromatic heterocycles. The van der Waals surface area contributed by atoms with Gasteiger partial charge in [0.25, 0.3) is 0 Å². The first-order valence-corrected chi connectivity index (χ1v) is 25.6. The SMILES string of the molecule is CC(C)(C)c1ncccn1.CC(C)c1ccccc1.CC(C)c1ccccc1.CC(C)c1ccccn1.CC(C)c1ccccn1.CC(C)c1ccccn1.CC(C)c1cccnn1.CC(C)c1ccn[nH]1. The van der Waals surface area contributed by atoms with Crippen LogP contribution in [-0.4, -0.2) is 45.3 Å². The summed E-state index contributed by atoms with van der Waals surface area (Å²) in [6.45, 7) is 36.4. The van der Waals surface area contributed by atoms with Crippen molar-refractivity contribution in [2.24, 2.45) is 0 Å². The zero-order valence-corrected chi connectivity index (χ0v) is 46.9. The molecule has 0 aliphatic rings. The number of hydrogen-bond donors (Lipinski definition) is 1. The van der Waals surface area contributed by atoms with Crippen molar-refractivity contribution in [2.45, 2.75) is 165 Å². The van der Waals surface area contributed by atoms with Crippen molar-refractivity contribution in [1.82, 2.24) is 45.3 Å². The molecule has 9 heteroatoms. The summed E-state index contributed by atoms with van der Waals surface area (Å²) in [7, 11) is 0. The van der Waals surface area contributed by atoms with Gasteiger partial charge >= 0.3 is 0 Å². The van der Waals surface area contributed by atoms with E-state index in [4.69, 9.17) is 0 Å². The Labute approximate surface area is 436 Å². The fourth-order valence-corrected chi connectivity index (χ4v) is 5.72. The fraction of sp³-hybridized carbons (Fsp3) is 0.397. The Morgan fingerprint density at radius 3 is 0.875 bits per heavy atom. The molecule has 0 unspecified atom stereocenters. The predicted octanol–water partition coefficient (Wildman–Crippen LogP) is 17.1. The largest absolute Gasteiger partial charge is 0.282 e. The normalized spacial score (nSPS) is 10.3. The lowest BCUT2D eigenvalue weighted by atomic mass is 9.96. The molecule has 386 valence electrons. The Bertz CT molecular complexity index is 2050. The molecule has 1 N–H and O–H groups in total. The van der Waals surface area contributed by atoms with Gasteiger partial charge in [-0.1, -0.05) is 197 Å². The summed E-state index contributed by atoms with van der Waals surface area (Å²) in [6.07, 6.45) is 12.5. The Morgan fingerprint density at radius 2 is 0.681 bits per heavy atom. The van der Waals surface area contributed by atoms with Crippen LogP contribution in [0.1, 0.15) is 205 Å². The van der Waals surface area contributed by atoms with E-state index in [1.807, 2.05) is 110 Å². The standard InChI is InChI=1S/2C9H12.C8H12N2.3C8H11N.C7H10N2.C6H10N2/c2*1-8(2)9-6-4-3-5-7-9;1-8(2,3)7-9-5-4-6-10-7;3*1-7(2)8-5-3-4-6-9-8;1-6(2)7-4-3-5-8-9-7;1-5(2)6-3-4-7-8-6/h2*3-8H,1-2H3;4-6H,1-3H3;3*3-7H,1-2H3;3-6H,1-2H3;3-5H,1-2H3,(H,7,8). The summed E-state index contributed by atoms with van der Waals surface area (Å²) in [5.41, 5.74) is 8.64. The second-order valence-electron chi connectivity index (χ2n) is 20.2. The van der Waals surface area contributed by atoms with Gasteiger partial charge in [0.05, 0.1) is 5.69 Å². The molecular weight excluding hydrogens is 883 g/mol. The molecule has 9 nitrogen and oxygen atoms in total. The Morgan fingerprint density at radius 1 is 0.319 bits per heavy atom. The van der Waals surface area contributed by atoms with E-state index in [0.717, 1.165) is 28.6 Å². The number of aromatic nitrogens is 9. The third-order valence-electron chi connectivity index (χ3n) is 10.3. The van der Waals surface area contributed by atoms with Gasteiger partial charge in [0, 0.05) is 71.6 Å². The fourth-order valence-electron chi connectivity index (χ4n) is 5.72. The van der Waals surface area contributed by atoms with Gasteiger partial charge in [-0.05, 0) is 113 Å². The number of benzene rings is 2. The zero-order chi connectivity index (χ0) is 53.7. The minimum absolute atomic E-state index is 0.0707. The highest BCUT2D eigenvalue weighted by Crippen LogP contribution is 2.17. The number of aromatic amines is 1. The van der Waals surface area contributed by atoms with Gasteiger partial charge in [-0.2, -0.15) is 15.3 Å². The second kappa shape index (κ2) is 37.1. The summed E-state index contributed by atoms with van der Waals surface area (Å²) < 4.78 is 0. The molecule has 0 bridgehead atoms. The summed E-state index contributed by atoms with van der Waals surface area (Å²) >= 11 is 0. The lowest BCUT2D eigenvalue weighted by Crippen LogP contribution is -2.14. The van der Waals surface area contributed by atoms with Gasteiger partial charge in [0.15, 0.2) is 0 Å². The van der Waals surface area contributed by atoms with Crippen molar-refractivity contribution >= 4 is 0 Å². The molecule has 0 saturated carbocycles. The van der Waals surface area contributed by atoms with Crippen LogP contribution in [0.25, 0.3) is 0 Å². The number of nitrogens with zero attached hydrogens (tertiary/aromatic N) is 8. The molecule has 0 aliphatic heterocycles. The van der Waals surface area contributed by atoms with Crippen LogP contribution in [0.4, 0.5) is 0 Å². The van der Waals surface area contributed by atoms with Crippen molar-refractivity contribution in [3.63, 3.8) is 0 Å². The average Bonchev–Trinajstić information content (AvgIpc) is 3.96. The van der Waals surface area contributed by atoms with Crippen molar-refractivity contribution in [1.29, 1.82) is 0 Å². The first-order chi connectivity index (χ1) is 34.2. The molecule has 0 radical (unpaired) electrons. The maximum atomic E-state index is 4.18.